The van der Waals surface area contributed by atoms with Crippen LogP contribution in [-0.2, 0) is 4.79 Å². The first-order chi connectivity index (χ1) is 7.26. The van der Waals surface area contributed by atoms with Crippen molar-refractivity contribution in [1.82, 2.24) is 5.32 Å². The minimum absolute atomic E-state index is 0.0958. The highest BCUT2D eigenvalue weighted by molar-refractivity contribution is 7.99. The summed E-state index contributed by atoms with van der Waals surface area (Å²) in [6.45, 7) is 0.0958. The highest BCUT2D eigenvalue weighted by Crippen LogP contribution is 2.31. The fourth-order valence-corrected chi connectivity index (χ4v) is 3.70. The van der Waals surface area contributed by atoms with E-state index in [9.17, 15) is 9.90 Å². The Morgan fingerprint density at radius 2 is 2.20 bits per heavy atom. The van der Waals surface area contributed by atoms with Crippen LogP contribution in [0.2, 0.25) is 0 Å². The number of thioether (sulfide) groups is 1. The lowest BCUT2D eigenvalue weighted by molar-refractivity contribution is -0.126. The minimum Gasteiger partial charge on any atom is -0.394 e. The van der Waals surface area contributed by atoms with Crippen molar-refractivity contribution in [2.75, 3.05) is 18.1 Å². The van der Waals surface area contributed by atoms with Crippen molar-refractivity contribution >= 4 is 17.7 Å². The molecule has 0 aromatic carbocycles. The molecule has 2 N–H and O–H groups in total. The van der Waals surface area contributed by atoms with Gasteiger partial charge >= 0.3 is 0 Å². The van der Waals surface area contributed by atoms with Crippen molar-refractivity contribution in [3.63, 3.8) is 0 Å². The zero-order valence-corrected chi connectivity index (χ0v) is 9.81. The highest BCUT2D eigenvalue weighted by Gasteiger charge is 2.36. The quantitative estimate of drug-likeness (QED) is 0.763. The Bertz CT molecular complexity index is 233. The number of rotatable bonds is 3. The molecule has 1 heterocycles. The van der Waals surface area contributed by atoms with Gasteiger partial charge in [-0.05, 0) is 25.0 Å². The monoisotopic (exact) mass is 229 g/mol. The highest BCUT2D eigenvalue weighted by atomic mass is 32.2. The van der Waals surface area contributed by atoms with Crippen LogP contribution in [0.3, 0.4) is 0 Å². The summed E-state index contributed by atoms with van der Waals surface area (Å²) in [4.78, 5) is 11.9. The average Bonchev–Trinajstić information content (AvgIpc) is 2.88. The first-order valence-corrected chi connectivity index (χ1v) is 6.92. The smallest absolute Gasteiger partial charge is 0.224 e. The Labute approximate surface area is 95.0 Å². The summed E-state index contributed by atoms with van der Waals surface area (Å²) in [5.41, 5.74) is -0.287. The summed E-state index contributed by atoms with van der Waals surface area (Å²) in [5.74, 6) is 2.40. The molecule has 1 amide bonds. The zero-order chi connectivity index (χ0) is 10.7. The third-order valence-corrected chi connectivity index (χ3v) is 4.71. The molecular formula is C11H19NO2S. The lowest BCUT2D eigenvalue weighted by Gasteiger charge is -2.29. The molecule has 3 nitrogen and oxygen atoms in total. The maximum Gasteiger partial charge on any atom is 0.224 e. The second kappa shape index (κ2) is 4.74. The predicted octanol–water partition coefficient (Wildman–Crippen LogP) is 1.16. The van der Waals surface area contributed by atoms with Gasteiger partial charge in [-0.2, -0.15) is 11.8 Å². The molecular weight excluding hydrogens is 210 g/mol. The molecule has 86 valence electrons. The van der Waals surface area contributed by atoms with Crippen molar-refractivity contribution in [2.45, 2.75) is 37.6 Å². The molecule has 0 radical (unpaired) electrons. The normalized spacial score (nSPS) is 29.3. The Balaban J connectivity index is 1.91. The van der Waals surface area contributed by atoms with Crippen LogP contribution in [0, 0.1) is 5.92 Å². The molecule has 0 bridgehead atoms. The van der Waals surface area contributed by atoms with Crippen LogP contribution in [0.15, 0.2) is 0 Å². The van der Waals surface area contributed by atoms with Gasteiger partial charge in [0.2, 0.25) is 5.91 Å². The molecule has 4 heteroatoms. The summed E-state index contributed by atoms with van der Waals surface area (Å²) in [6.07, 6.45) is 5.13. The van der Waals surface area contributed by atoms with Gasteiger partial charge in [0.05, 0.1) is 12.1 Å². The Morgan fingerprint density at radius 3 is 2.73 bits per heavy atom. The lowest BCUT2D eigenvalue weighted by Crippen LogP contribution is -2.51. The van der Waals surface area contributed by atoms with Crippen LogP contribution in [0.1, 0.15) is 32.1 Å². The molecule has 0 aromatic heterocycles. The van der Waals surface area contributed by atoms with Crippen LogP contribution >= 0.6 is 11.8 Å². The first kappa shape index (κ1) is 11.3. The van der Waals surface area contributed by atoms with Gasteiger partial charge in [-0.1, -0.05) is 12.8 Å². The number of aliphatic hydroxyl groups excluding tert-OH is 1. The molecule has 2 rings (SSSR count). The largest absolute Gasteiger partial charge is 0.394 e. The van der Waals surface area contributed by atoms with E-state index in [1.54, 1.807) is 0 Å². The van der Waals surface area contributed by atoms with Crippen LogP contribution in [0.25, 0.3) is 0 Å². The van der Waals surface area contributed by atoms with E-state index in [0.717, 1.165) is 43.6 Å². The SMILES string of the molecule is O=C(NC1(CO)CCCC1)C1CCSC1. The Morgan fingerprint density at radius 1 is 1.47 bits per heavy atom. The number of carbonyl (C=O) groups is 1. The van der Waals surface area contributed by atoms with E-state index in [1.807, 2.05) is 11.8 Å². The maximum atomic E-state index is 11.9. The van der Waals surface area contributed by atoms with Crippen molar-refractivity contribution in [3.05, 3.63) is 0 Å². The molecule has 1 aliphatic heterocycles. The molecule has 1 saturated carbocycles. The molecule has 1 aliphatic carbocycles. The summed E-state index contributed by atoms with van der Waals surface area (Å²) in [7, 11) is 0. The van der Waals surface area contributed by atoms with E-state index in [-0.39, 0.29) is 24.0 Å². The summed E-state index contributed by atoms with van der Waals surface area (Å²) >= 11 is 1.85. The van der Waals surface area contributed by atoms with Crippen molar-refractivity contribution < 1.29 is 9.90 Å². The number of hydrogen-bond acceptors (Lipinski definition) is 3. The van der Waals surface area contributed by atoms with E-state index in [1.165, 1.54) is 0 Å². The van der Waals surface area contributed by atoms with E-state index in [0.29, 0.717) is 0 Å². The zero-order valence-electron chi connectivity index (χ0n) is 9.00. The van der Waals surface area contributed by atoms with Gasteiger partial charge < -0.3 is 10.4 Å². The molecule has 0 aromatic rings. The van der Waals surface area contributed by atoms with Gasteiger partial charge in [0.15, 0.2) is 0 Å². The van der Waals surface area contributed by atoms with Gasteiger partial charge in [-0.25, -0.2) is 0 Å². The maximum absolute atomic E-state index is 11.9. The predicted molar refractivity (Wildman–Crippen MR) is 61.9 cm³/mol. The number of amides is 1. The van der Waals surface area contributed by atoms with E-state index in [2.05, 4.69) is 5.32 Å². The van der Waals surface area contributed by atoms with Gasteiger partial charge in [0.1, 0.15) is 0 Å². The average molecular weight is 229 g/mol. The van der Waals surface area contributed by atoms with Crippen molar-refractivity contribution in [2.24, 2.45) is 5.92 Å². The Hall–Kier alpha value is -0.220. The molecule has 1 saturated heterocycles. The number of hydrogen-bond donors (Lipinski definition) is 2. The molecule has 15 heavy (non-hydrogen) atoms. The topological polar surface area (TPSA) is 49.3 Å². The second-order valence-electron chi connectivity index (χ2n) is 4.70. The van der Waals surface area contributed by atoms with Crippen molar-refractivity contribution in [1.29, 1.82) is 0 Å². The molecule has 2 fully saturated rings. The lowest BCUT2D eigenvalue weighted by atomic mass is 9.97. The molecule has 0 spiro atoms. The second-order valence-corrected chi connectivity index (χ2v) is 5.85. The van der Waals surface area contributed by atoms with Crippen LogP contribution in [0.4, 0.5) is 0 Å². The van der Waals surface area contributed by atoms with Crippen LogP contribution < -0.4 is 5.32 Å². The van der Waals surface area contributed by atoms with Gasteiger partial charge in [-0.15, -0.1) is 0 Å². The standard InChI is InChI=1S/C11H19NO2S/c13-8-11(4-1-2-5-11)12-10(14)9-3-6-15-7-9/h9,13H,1-8H2,(H,12,14). The number of carbonyl (C=O) groups excluding carboxylic acids is 1. The van der Waals surface area contributed by atoms with Gasteiger partial charge in [0, 0.05) is 11.7 Å². The van der Waals surface area contributed by atoms with Crippen LogP contribution in [-0.4, -0.2) is 34.7 Å². The molecule has 1 unspecified atom stereocenters. The summed E-state index contributed by atoms with van der Waals surface area (Å²) < 4.78 is 0. The van der Waals surface area contributed by atoms with Gasteiger partial charge in [0.25, 0.3) is 0 Å². The van der Waals surface area contributed by atoms with E-state index < -0.39 is 0 Å². The van der Waals surface area contributed by atoms with Crippen molar-refractivity contribution in [3.8, 4) is 0 Å². The molecule has 2 aliphatic rings. The number of nitrogens with one attached hydrogen (secondary N) is 1. The fraction of sp³-hybridized carbons (Fsp3) is 0.909. The number of aliphatic hydroxyl groups is 1. The van der Waals surface area contributed by atoms with Crippen LogP contribution in [0.5, 0.6) is 0 Å². The Kier molecular flexibility index (Phi) is 3.57. The minimum atomic E-state index is -0.287. The molecule has 1 atom stereocenters. The first-order valence-electron chi connectivity index (χ1n) is 5.76. The fourth-order valence-electron chi connectivity index (χ4n) is 2.48. The van der Waals surface area contributed by atoms with E-state index in [4.69, 9.17) is 0 Å². The summed E-state index contributed by atoms with van der Waals surface area (Å²) in [5, 5.41) is 12.5. The van der Waals surface area contributed by atoms with E-state index >= 15 is 0 Å². The third kappa shape index (κ3) is 2.48. The summed E-state index contributed by atoms with van der Waals surface area (Å²) in [6, 6.07) is 0. The third-order valence-electron chi connectivity index (χ3n) is 3.55. The van der Waals surface area contributed by atoms with Gasteiger partial charge in [-0.3, -0.25) is 4.79 Å².